The number of aromatic nitrogens is 2. The quantitative estimate of drug-likeness (QED) is 0.600. The zero-order valence-corrected chi connectivity index (χ0v) is 14.7. The summed E-state index contributed by atoms with van der Waals surface area (Å²) < 4.78 is 78.4. The summed E-state index contributed by atoms with van der Waals surface area (Å²) in [6, 6.07) is 12.2. The van der Waals surface area contributed by atoms with Crippen LogP contribution in [0.2, 0.25) is 0 Å². The number of nitrogens with zero attached hydrogens (tertiary/aromatic N) is 3. The third kappa shape index (κ3) is 4.43. The molecule has 0 radical (unpaired) electrons. The van der Waals surface area contributed by atoms with Gasteiger partial charge in [-0.3, -0.25) is 4.79 Å². The lowest BCUT2D eigenvalue weighted by atomic mass is 10.1. The van der Waals surface area contributed by atoms with E-state index in [4.69, 9.17) is 5.26 Å². The Labute approximate surface area is 165 Å². The summed E-state index contributed by atoms with van der Waals surface area (Å²) in [7, 11) is 0. The lowest BCUT2D eigenvalue weighted by Gasteiger charge is -2.12. The molecule has 11 heteroatoms. The van der Waals surface area contributed by atoms with Gasteiger partial charge in [0.1, 0.15) is 5.69 Å². The van der Waals surface area contributed by atoms with E-state index in [1.165, 1.54) is 36.4 Å². The average molecular weight is 424 g/mol. The molecule has 30 heavy (non-hydrogen) atoms. The average Bonchev–Trinajstić information content (AvgIpc) is 3.15. The lowest BCUT2D eigenvalue weighted by molar-refractivity contribution is -0.143. The van der Waals surface area contributed by atoms with Crippen LogP contribution in [0, 0.1) is 11.3 Å². The first-order chi connectivity index (χ1) is 14.0. The van der Waals surface area contributed by atoms with Crippen molar-refractivity contribution in [1.29, 1.82) is 5.26 Å². The summed E-state index contributed by atoms with van der Waals surface area (Å²) in [5, 5.41) is 14.3. The monoisotopic (exact) mass is 424 g/mol. The van der Waals surface area contributed by atoms with Crippen molar-refractivity contribution in [3.8, 4) is 11.8 Å². The van der Waals surface area contributed by atoms with Gasteiger partial charge in [-0.2, -0.15) is 36.7 Å². The Morgan fingerprint density at radius 2 is 1.67 bits per heavy atom. The molecule has 0 saturated heterocycles. The first kappa shape index (κ1) is 20.9. The fraction of sp³-hybridized carbons (Fsp3) is 0.105. The van der Waals surface area contributed by atoms with Gasteiger partial charge in [0, 0.05) is 17.3 Å². The van der Waals surface area contributed by atoms with Crippen LogP contribution in [0.15, 0.2) is 54.6 Å². The van der Waals surface area contributed by atoms with Gasteiger partial charge in [-0.1, -0.05) is 12.1 Å². The third-order valence-corrected chi connectivity index (χ3v) is 3.89. The van der Waals surface area contributed by atoms with Gasteiger partial charge < -0.3 is 5.32 Å². The Bertz CT molecular complexity index is 1140. The van der Waals surface area contributed by atoms with Gasteiger partial charge in [-0.05, 0) is 36.4 Å². The molecule has 5 nitrogen and oxygen atoms in total. The van der Waals surface area contributed by atoms with E-state index in [9.17, 15) is 31.1 Å². The highest BCUT2D eigenvalue weighted by Crippen LogP contribution is 2.36. The number of halogens is 6. The van der Waals surface area contributed by atoms with E-state index in [-0.39, 0.29) is 33.2 Å². The van der Waals surface area contributed by atoms with E-state index in [0.29, 0.717) is 0 Å². The van der Waals surface area contributed by atoms with E-state index in [1.54, 1.807) is 0 Å². The Morgan fingerprint density at radius 1 is 0.967 bits per heavy atom. The molecule has 1 aromatic heterocycles. The molecule has 3 rings (SSSR count). The van der Waals surface area contributed by atoms with Crippen LogP contribution in [-0.4, -0.2) is 15.7 Å². The lowest BCUT2D eigenvalue weighted by Crippen LogP contribution is -2.15. The van der Waals surface area contributed by atoms with E-state index in [0.717, 1.165) is 12.1 Å². The summed E-state index contributed by atoms with van der Waals surface area (Å²) in [6.07, 6.45) is -10.2. The van der Waals surface area contributed by atoms with Crippen molar-refractivity contribution < 1.29 is 31.1 Å². The number of nitrogens with one attached hydrogen (secondary N) is 1. The number of rotatable bonds is 3. The fourth-order valence-corrected chi connectivity index (χ4v) is 2.57. The summed E-state index contributed by atoms with van der Waals surface area (Å²) in [6.45, 7) is 0. The highest BCUT2D eigenvalue weighted by molar-refractivity contribution is 6.04. The number of alkyl halides is 6. The van der Waals surface area contributed by atoms with Crippen molar-refractivity contribution in [2.24, 2.45) is 0 Å². The van der Waals surface area contributed by atoms with Crippen LogP contribution in [0.5, 0.6) is 0 Å². The van der Waals surface area contributed by atoms with E-state index < -0.39 is 29.6 Å². The van der Waals surface area contributed by atoms with Crippen molar-refractivity contribution in [1.82, 2.24) is 9.78 Å². The minimum absolute atomic E-state index is 0.0250. The molecule has 0 spiro atoms. The maximum absolute atomic E-state index is 13.2. The molecule has 0 bridgehead atoms. The van der Waals surface area contributed by atoms with E-state index >= 15 is 0 Å². The van der Waals surface area contributed by atoms with Crippen LogP contribution < -0.4 is 5.32 Å². The van der Waals surface area contributed by atoms with Gasteiger partial charge in [0.05, 0.1) is 17.3 Å². The smallest absolute Gasteiger partial charge is 0.322 e. The second-order valence-electron chi connectivity index (χ2n) is 6.02. The Hall–Kier alpha value is -3.81. The van der Waals surface area contributed by atoms with Crippen LogP contribution in [-0.2, 0) is 12.4 Å². The molecule has 0 aliphatic heterocycles. The molecule has 0 aliphatic carbocycles. The SMILES string of the molecule is N#Cc1cccc(C(=O)Nc2cccc(-n3nc(C(F)(F)F)cc3C(F)(F)F)c2)c1. The topological polar surface area (TPSA) is 70.7 Å². The number of carbonyl (C=O) groups is 1. The van der Waals surface area contributed by atoms with Gasteiger partial charge in [0.15, 0.2) is 5.69 Å². The predicted octanol–water partition coefficient (Wildman–Crippen LogP) is 5.03. The second-order valence-corrected chi connectivity index (χ2v) is 6.02. The summed E-state index contributed by atoms with van der Waals surface area (Å²) >= 11 is 0. The van der Waals surface area contributed by atoms with Crippen molar-refractivity contribution in [3.63, 3.8) is 0 Å². The predicted molar refractivity (Wildman–Crippen MR) is 92.7 cm³/mol. The molecule has 1 amide bonds. The summed E-state index contributed by atoms with van der Waals surface area (Å²) in [5.41, 5.74) is -3.27. The zero-order chi connectivity index (χ0) is 22.1. The van der Waals surface area contributed by atoms with Gasteiger partial charge >= 0.3 is 12.4 Å². The van der Waals surface area contributed by atoms with Gasteiger partial charge in [0.25, 0.3) is 5.91 Å². The molecule has 0 atom stereocenters. The number of anilines is 1. The van der Waals surface area contributed by atoms with Gasteiger partial charge in [0.2, 0.25) is 0 Å². The zero-order valence-electron chi connectivity index (χ0n) is 14.7. The van der Waals surface area contributed by atoms with E-state index in [2.05, 4.69) is 10.4 Å². The molecule has 0 unspecified atom stereocenters. The maximum Gasteiger partial charge on any atom is 0.435 e. The molecule has 154 valence electrons. The Morgan fingerprint density at radius 3 is 2.30 bits per heavy atom. The molecule has 2 aromatic carbocycles. The molecule has 1 heterocycles. The number of hydrogen-bond donors (Lipinski definition) is 1. The van der Waals surface area contributed by atoms with Crippen molar-refractivity contribution in [2.75, 3.05) is 5.32 Å². The van der Waals surface area contributed by atoms with Crippen LogP contribution in [0.25, 0.3) is 5.69 Å². The first-order valence-electron chi connectivity index (χ1n) is 8.15. The van der Waals surface area contributed by atoms with Crippen molar-refractivity contribution in [2.45, 2.75) is 12.4 Å². The fourth-order valence-electron chi connectivity index (χ4n) is 2.57. The van der Waals surface area contributed by atoms with Crippen molar-refractivity contribution in [3.05, 3.63) is 77.1 Å². The number of hydrogen-bond acceptors (Lipinski definition) is 3. The molecule has 0 fully saturated rings. The largest absolute Gasteiger partial charge is 0.435 e. The Kier molecular flexibility index (Phi) is 5.26. The normalized spacial score (nSPS) is 11.8. The molecule has 1 N–H and O–H groups in total. The molecular formula is C19H10F6N4O. The van der Waals surface area contributed by atoms with Crippen LogP contribution in [0.3, 0.4) is 0 Å². The van der Waals surface area contributed by atoms with E-state index in [1.807, 2.05) is 6.07 Å². The second kappa shape index (κ2) is 7.55. The summed E-state index contributed by atoms with van der Waals surface area (Å²) in [5.74, 6) is -0.656. The first-order valence-corrected chi connectivity index (χ1v) is 8.15. The van der Waals surface area contributed by atoms with Gasteiger partial charge in [-0.25, -0.2) is 4.68 Å². The Balaban J connectivity index is 1.97. The number of nitriles is 1. The standard InChI is InChI=1S/C19H10F6N4O/c20-18(21,22)15-9-16(19(23,24)25)29(28-15)14-6-2-5-13(8-14)27-17(30)12-4-1-3-11(7-12)10-26/h1-9H,(H,27,30). The van der Waals surface area contributed by atoms with Crippen LogP contribution >= 0.6 is 0 Å². The number of amides is 1. The molecule has 0 saturated carbocycles. The minimum atomic E-state index is -5.09. The van der Waals surface area contributed by atoms with Crippen LogP contribution in [0.1, 0.15) is 27.3 Å². The van der Waals surface area contributed by atoms with Crippen LogP contribution in [0.4, 0.5) is 32.0 Å². The maximum atomic E-state index is 13.2. The summed E-state index contributed by atoms with van der Waals surface area (Å²) in [4.78, 5) is 12.3. The molecular weight excluding hydrogens is 414 g/mol. The highest BCUT2D eigenvalue weighted by Gasteiger charge is 2.42. The molecule has 3 aromatic rings. The molecule has 0 aliphatic rings. The third-order valence-electron chi connectivity index (χ3n) is 3.89. The number of benzene rings is 2. The van der Waals surface area contributed by atoms with Gasteiger partial charge in [-0.15, -0.1) is 0 Å². The number of carbonyl (C=O) groups excluding carboxylic acids is 1. The highest BCUT2D eigenvalue weighted by atomic mass is 19.4. The minimum Gasteiger partial charge on any atom is -0.322 e. The van der Waals surface area contributed by atoms with Crippen molar-refractivity contribution >= 4 is 11.6 Å².